The van der Waals surface area contributed by atoms with Crippen LogP contribution in [0.5, 0.6) is 0 Å². The summed E-state index contributed by atoms with van der Waals surface area (Å²) < 4.78 is 4.03. The molecule has 0 saturated heterocycles. The van der Waals surface area contributed by atoms with E-state index in [9.17, 15) is 0 Å². The second-order valence-electron chi connectivity index (χ2n) is 1.82. The van der Waals surface area contributed by atoms with Crippen LogP contribution in [-0.2, 0) is 0 Å². The van der Waals surface area contributed by atoms with E-state index in [0.29, 0.717) is 0 Å². The van der Waals surface area contributed by atoms with Crippen LogP contribution in [0.3, 0.4) is 0 Å². The Bertz CT molecular complexity index is 243. The standard InChI is InChI=1S/C5H7N3S2/c1-3-2-4(10-8-3)7-5(6)9/h2H,1H3,(H3,6,7,9). The maximum absolute atomic E-state index is 5.23. The Labute approximate surface area is 68.4 Å². The van der Waals surface area contributed by atoms with Gasteiger partial charge in [-0.05, 0) is 36.7 Å². The van der Waals surface area contributed by atoms with Gasteiger partial charge in [-0.2, -0.15) is 4.37 Å². The Hall–Kier alpha value is -0.680. The third-order valence-corrected chi connectivity index (χ3v) is 1.77. The lowest BCUT2D eigenvalue weighted by Crippen LogP contribution is -2.17. The van der Waals surface area contributed by atoms with Crippen molar-refractivity contribution in [3.05, 3.63) is 11.8 Å². The molecule has 1 rings (SSSR count). The van der Waals surface area contributed by atoms with Crippen LogP contribution in [0.1, 0.15) is 5.69 Å². The molecule has 1 aromatic rings. The van der Waals surface area contributed by atoms with E-state index in [0.717, 1.165) is 10.7 Å². The van der Waals surface area contributed by atoms with Gasteiger partial charge >= 0.3 is 0 Å². The molecule has 0 saturated carbocycles. The minimum atomic E-state index is 0.281. The fraction of sp³-hybridized carbons (Fsp3) is 0.200. The Kier molecular flexibility index (Phi) is 2.18. The second-order valence-corrected chi connectivity index (χ2v) is 3.07. The zero-order valence-corrected chi connectivity index (χ0v) is 7.05. The first kappa shape index (κ1) is 7.43. The molecule has 0 spiro atoms. The lowest BCUT2D eigenvalue weighted by atomic mass is 10.5. The molecule has 0 atom stereocenters. The van der Waals surface area contributed by atoms with E-state index in [2.05, 4.69) is 21.9 Å². The Morgan fingerprint density at radius 2 is 2.60 bits per heavy atom. The van der Waals surface area contributed by atoms with Crippen molar-refractivity contribution in [2.75, 3.05) is 5.32 Å². The topological polar surface area (TPSA) is 50.9 Å². The predicted molar refractivity (Wildman–Crippen MR) is 47.3 cm³/mol. The van der Waals surface area contributed by atoms with Crippen LogP contribution >= 0.6 is 23.8 Å². The van der Waals surface area contributed by atoms with Gasteiger partial charge in [-0.25, -0.2) is 0 Å². The summed E-state index contributed by atoms with van der Waals surface area (Å²) in [4.78, 5) is 0. The molecule has 0 aliphatic carbocycles. The van der Waals surface area contributed by atoms with Crippen molar-refractivity contribution in [1.82, 2.24) is 4.37 Å². The van der Waals surface area contributed by atoms with Crippen molar-refractivity contribution in [1.29, 1.82) is 0 Å². The minimum absolute atomic E-state index is 0.281. The van der Waals surface area contributed by atoms with Gasteiger partial charge in [-0.1, -0.05) is 0 Å². The number of nitrogens with two attached hydrogens (primary N) is 1. The van der Waals surface area contributed by atoms with Crippen LogP contribution < -0.4 is 11.1 Å². The lowest BCUT2D eigenvalue weighted by molar-refractivity contribution is 1.35. The molecule has 0 aromatic carbocycles. The quantitative estimate of drug-likeness (QED) is 0.625. The number of aromatic nitrogens is 1. The van der Waals surface area contributed by atoms with Gasteiger partial charge in [0, 0.05) is 0 Å². The maximum atomic E-state index is 5.23. The van der Waals surface area contributed by atoms with E-state index in [-0.39, 0.29) is 5.11 Å². The number of nitrogens with zero attached hydrogens (tertiary/aromatic N) is 1. The number of thiocarbonyl (C=S) groups is 1. The molecule has 54 valence electrons. The molecule has 0 aliphatic rings. The van der Waals surface area contributed by atoms with Crippen LogP contribution in [0, 0.1) is 6.92 Å². The summed E-state index contributed by atoms with van der Waals surface area (Å²) >= 11 is 5.98. The van der Waals surface area contributed by atoms with Crippen molar-refractivity contribution in [2.24, 2.45) is 5.73 Å². The first-order valence-corrected chi connectivity index (χ1v) is 3.86. The molecule has 1 heterocycles. The average molecular weight is 173 g/mol. The zero-order chi connectivity index (χ0) is 7.56. The first-order chi connectivity index (χ1) is 4.68. The van der Waals surface area contributed by atoms with Gasteiger partial charge in [-0.15, -0.1) is 0 Å². The monoisotopic (exact) mass is 173 g/mol. The molecule has 0 amide bonds. The van der Waals surface area contributed by atoms with Crippen LogP contribution in [0.15, 0.2) is 6.07 Å². The molecular weight excluding hydrogens is 166 g/mol. The summed E-state index contributed by atoms with van der Waals surface area (Å²) in [6.07, 6.45) is 0. The van der Waals surface area contributed by atoms with E-state index >= 15 is 0 Å². The van der Waals surface area contributed by atoms with E-state index in [1.165, 1.54) is 11.5 Å². The highest BCUT2D eigenvalue weighted by Gasteiger charge is 1.96. The molecular formula is C5H7N3S2. The summed E-state index contributed by atoms with van der Waals surface area (Å²) in [5.41, 5.74) is 6.21. The summed E-state index contributed by atoms with van der Waals surface area (Å²) in [5.74, 6) is 0. The number of rotatable bonds is 1. The second kappa shape index (κ2) is 2.94. The molecule has 0 unspecified atom stereocenters. The molecule has 0 bridgehead atoms. The van der Waals surface area contributed by atoms with Gasteiger partial charge in [0.1, 0.15) is 5.00 Å². The van der Waals surface area contributed by atoms with Crippen LogP contribution in [0.2, 0.25) is 0 Å². The number of hydrogen-bond donors (Lipinski definition) is 2. The summed E-state index contributed by atoms with van der Waals surface area (Å²) in [6, 6.07) is 1.89. The third kappa shape index (κ3) is 1.93. The number of hydrogen-bond acceptors (Lipinski definition) is 3. The van der Waals surface area contributed by atoms with Gasteiger partial charge in [0.05, 0.1) is 5.69 Å². The molecule has 10 heavy (non-hydrogen) atoms. The van der Waals surface area contributed by atoms with E-state index in [1.54, 1.807) is 0 Å². The van der Waals surface area contributed by atoms with Crippen LogP contribution in [0.25, 0.3) is 0 Å². The Morgan fingerprint density at radius 3 is 3.00 bits per heavy atom. The molecule has 0 fully saturated rings. The summed E-state index contributed by atoms with van der Waals surface area (Å²) in [5, 5.41) is 3.97. The molecule has 3 N–H and O–H groups in total. The summed E-state index contributed by atoms with van der Waals surface area (Å²) in [6.45, 7) is 1.92. The van der Waals surface area contributed by atoms with Gasteiger partial charge in [-0.3, -0.25) is 0 Å². The zero-order valence-electron chi connectivity index (χ0n) is 5.42. The lowest BCUT2D eigenvalue weighted by Gasteiger charge is -1.94. The number of aryl methyl sites for hydroxylation is 1. The molecule has 1 aromatic heterocycles. The van der Waals surface area contributed by atoms with Gasteiger partial charge in [0.15, 0.2) is 5.11 Å². The molecule has 0 radical (unpaired) electrons. The SMILES string of the molecule is Cc1cc(NC(N)=S)sn1. The third-order valence-electron chi connectivity index (χ3n) is 0.874. The van der Waals surface area contributed by atoms with Gasteiger partial charge in [0.2, 0.25) is 0 Å². The van der Waals surface area contributed by atoms with Crippen molar-refractivity contribution in [2.45, 2.75) is 6.92 Å². The van der Waals surface area contributed by atoms with Crippen molar-refractivity contribution < 1.29 is 0 Å². The smallest absolute Gasteiger partial charge is 0.168 e. The minimum Gasteiger partial charge on any atom is -0.376 e. The van der Waals surface area contributed by atoms with Crippen molar-refractivity contribution in [3.8, 4) is 0 Å². The highest BCUT2D eigenvalue weighted by atomic mass is 32.1. The molecule has 3 nitrogen and oxygen atoms in total. The fourth-order valence-electron chi connectivity index (χ4n) is 0.544. The van der Waals surface area contributed by atoms with Gasteiger partial charge in [0.25, 0.3) is 0 Å². The maximum Gasteiger partial charge on any atom is 0.168 e. The normalized spacial score (nSPS) is 9.30. The largest absolute Gasteiger partial charge is 0.376 e. The first-order valence-electron chi connectivity index (χ1n) is 2.68. The van der Waals surface area contributed by atoms with Gasteiger partial charge < -0.3 is 11.1 Å². The molecule has 0 aliphatic heterocycles. The van der Waals surface area contributed by atoms with Crippen LogP contribution in [-0.4, -0.2) is 9.49 Å². The fourth-order valence-corrected chi connectivity index (χ4v) is 1.39. The van der Waals surface area contributed by atoms with E-state index in [1.807, 2.05) is 13.0 Å². The predicted octanol–water partition coefficient (Wildman–Crippen LogP) is 1.11. The highest BCUT2D eigenvalue weighted by molar-refractivity contribution is 7.80. The summed E-state index contributed by atoms with van der Waals surface area (Å²) in [7, 11) is 0. The number of anilines is 1. The van der Waals surface area contributed by atoms with E-state index < -0.39 is 0 Å². The Balaban J connectivity index is 2.67. The molecule has 5 heteroatoms. The average Bonchev–Trinajstić information content (AvgIpc) is 2.13. The van der Waals surface area contributed by atoms with Crippen molar-refractivity contribution >= 4 is 33.9 Å². The Morgan fingerprint density at radius 1 is 1.90 bits per heavy atom. The van der Waals surface area contributed by atoms with Crippen LogP contribution in [0.4, 0.5) is 5.00 Å². The van der Waals surface area contributed by atoms with E-state index in [4.69, 9.17) is 5.73 Å². The van der Waals surface area contributed by atoms with Crippen molar-refractivity contribution in [3.63, 3.8) is 0 Å². The highest BCUT2D eigenvalue weighted by Crippen LogP contribution is 2.14. The number of nitrogens with one attached hydrogen (secondary N) is 1.